The molecule has 0 spiro atoms. The highest BCUT2D eigenvalue weighted by Gasteiger charge is 2.10. The van der Waals surface area contributed by atoms with Gasteiger partial charge in [-0.1, -0.05) is 12.1 Å². The van der Waals surface area contributed by atoms with E-state index < -0.39 is 18.1 Å². The highest BCUT2D eigenvalue weighted by Crippen LogP contribution is 2.19. The van der Waals surface area contributed by atoms with Crippen molar-refractivity contribution in [2.45, 2.75) is 26.1 Å². The zero-order valence-electron chi connectivity index (χ0n) is 8.81. The second-order valence-electron chi connectivity index (χ2n) is 3.41. The summed E-state index contributed by atoms with van der Waals surface area (Å²) in [5, 5.41) is 9.34. The molecule has 82 valence electrons. The highest BCUT2D eigenvalue weighted by atomic mass is 16.5. The molecule has 4 nitrogen and oxygen atoms in total. The van der Waals surface area contributed by atoms with Gasteiger partial charge in [0.1, 0.15) is 5.75 Å². The molecule has 0 aromatic heterocycles. The van der Waals surface area contributed by atoms with E-state index in [1.807, 2.05) is 0 Å². The van der Waals surface area contributed by atoms with Gasteiger partial charge in [0.15, 0.2) is 6.10 Å². The van der Waals surface area contributed by atoms with Gasteiger partial charge in [-0.3, -0.25) is 4.79 Å². The largest absolute Gasteiger partial charge is 0.481 e. The number of primary amides is 1. The molecule has 2 unspecified atom stereocenters. The van der Waals surface area contributed by atoms with Gasteiger partial charge in [-0.25, -0.2) is 0 Å². The van der Waals surface area contributed by atoms with Crippen LogP contribution in [0.25, 0.3) is 0 Å². The number of ether oxygens (including phenoxy) is 1. The van der Waals surface area contributed by atoms with Crippen LogP contribution in [0.15, 0.2) is 24.3 Å². The normalized spacial score (nSPS) is 14.3. The average molecular weight is 209 g/mol. The molecule has 2 atom stereocenters. The first kappa shape index (κ1) is 11.5. The fourth-order valence-corrected chi connectivity index (χ4v) is 1.11. The minimum Gasteiger partial charge on any atom is -0.481 e. The van der Waals surface area contributed by atoms with Crippen molar-refractivity contribution in [2.24, 2.45) is 5.73 Å². The zero-order chi connectivity index (χ0) is 11.4. The van der Waals surface area contributed by atoms with Crippen LogP contribution in [-0.4, -0.2) is 17.1 Å². The SMILES string of the molecule is CC(Oc1cccc(C(C)O)c1)C(N)=O. The third kappa shape index (κ3) is 3.25. The lowest BCUT2D eigenvalue weighted by Gasteiger charge is -2.12. The Labute approximate surface area is 88.7 Å². The predicted molar refractivity (Wildman–Crippen MR) is 56.4 cm³/mol. The molecular weight excluding hydrogens is 194 g/mol. The smallest absolute Gasteiger partial charge is 0.258 e. The maximum atomic E-state index is 10.8. The van der Waals surface area contributed by atoms with Crippen LogP contribution in [0.5, 0.6) is 5.75 Å². The minimum absolute atomic E-state index is 0.516. The van der Waals surface area contributed by atoms with Crippen molar-refractivity contribution < 1.29 is 14.6 Å². The van der Waals surface area contributed by atoms with Gasteiger partial charge in [0.25, 0.3) is 5.91 Å². The molecule has 0 fully saturated rings. The van der Waals surface area contributed by atoms with Crippen LogP contribution in [0.1, 0.15) is 25.5 Å². The van der Waals surface area contributed by atoms with E-state index in [0.717, 1.165) is 5.56 Å². The van der Waals surface area contributed by atoms with Crippen molar-refractivity contribution in [2.75, 3.05) is 0 Å². The monoisotopic (exact) mass is 209 g/mol. The van der Waals surface area contributed by atoms with E-state index >= 15 is 0 Å². The summed E-state index contributed by atoms with van der Waals surface area (Å²) in [6.07, 6.45) is -1.23. The molecule has 0 aliphatic carbocycles. The third-order valence-electron chi connectivity index (χ3n) is 2.05. The Balaban J connectivity index is 2.78. The number of hydrogen-bond donors (Lipinski definition) is 2. The lowest BCUT2D eigenvalue weighted by atomic mass is 10.1. The van der Waals surface area contributed by atoms with Gasteiger partial charge in [-0.2, -0.15) is 0 Å². The summed E-state index contributed by atoms with van der Waals surface area (Å²) in [6.45, 7) is 3.24. The molecule has 15 heavy (non-hydrogen) atoms. The number of nitrogens with two attached hydrogens (primary N) is 1. The molecule has 1 rings (SSSR count). The predicted octanol–water partition coefficient (Wildman–Crippen LogP) is 0.992. The van der Waals surface area contributed by atoms with E-state index in [9.17, 15) is 9.90 Å². The van der Waals surface area contributed by atoms with Crippen LogP contribution in [-0.2, 0) is 4.79 Å². The molecule has 4 heteroatoms. The van der Waals surface area contributed by atoms with Gasteiger partial charge in [0.2, 0.25) is 0 Å². The molecule has 0 heterocycles. The van der Waals surface area contributed by atoms with Crippen LogP contribution in [0.4, 0.5) is 0 Å². The molecule has 1 aromatic rings. The Bertz CT molecular complexity index is 349. The first-order valence-electron chi connectivity index (χ1n) is 4.74. The maximum Gasteiger partial charge on any atom is 0.258 e. The third-order valence-corrected chi connectivity index (χ3v) is 2.05. The summed E-state index contributed by atoms with van der Waals surface area (Å²) in [6, 6.07) is 6.94. The van der Waals surface area contributed by atoms with Crippen LogP contribution < -0.4 is 10.5 Å². The van der Waals surface area contributed by atoms with E-state index in [1.54, 1.807) is 38.1 Å². The van der Waals surface area contributed by atoms with Crippen molar-refractivity contribution in [3.8, 4) is 5.75 Å². The number of aliphatic hydroxyl groups excluding tert-OH is 1. The van der Waals surface area contributed by atoms with E-state index in [2.05, 4.69) is 0 Å². The Morgan fingerprint density at radius 3 is 2.67 bits per heavy atom. The Morgan fingerprint density at radius 1 is 1.47 bits per heavy atom. The standard InChI is InChI=1S/C11H15NO3/c1-7(13)9-4-3-5-10(6-9)15-8(2)11(12)14/h3-8,13H,1-2H3,(H2,12,14). The second kappa shape index (κ2) is 4.79. The van der Waals surface area contributed by atoms with E-state index in [-0.39, 0.29) is 0 Å². The molecule has 0 radical (unpaired) electrons. The van der Waals surface area contributed by atoms with Gasteiger partial charge in [0, 0.05) is 0 Å². The number of hydrogen-bond acceptors (Lipinski definition) is 3. The number of aliphatic hydroxyl groups is 1. The number of carbonyl (C=O) groups is 1. The quantitative estimate of drug-likeness (QED) is 0.776. The van der Waals surface area contributed by atoms with Crippen molar-refractivity contribution in [1.82, 2.24) is 0 Å². The summed E-state index contributed by atoms with van der Waals surface area (Å²) in [5.41, 5.74) is 5.81. The number of carbonyl (C=O) groups excluding carboxylic acids is 1. The van der Waals surface area contributed by atoms with Gasteiger partial charge >= 0.3 is 0 Å². The lowest BCUT2D eigenvalue weighted by molar-refractivity contribution is -0.123. The Hall–Kier alpha value is -1.55. The van der Waals surface area contributed by atoms with Gasteiger partial charge < -0.3 is 15.6 Å². The molecule has 0 bridgehead atoms. The number of amides is 1. The topological polar surface area (TPSA) is 72.6 Å². The van der Waals surface area contributed by atoms with Crippen LogP contribution in [0.2, 0.25) is 0 Å². The van der Waals surface area contributed by atoms with Gasteiger partial charge in [-0.15, -0.1) is 0 Å². The van der Waals surface area contributed by atoms with Gasteiger partial charge in [-0.05, 0) is 31.5 Å². The summed E-state index contributed by atoms with van der Waals surface area (Å²) in [4.78, 5) is 10.8. The van der Waals surface area contributed by atoms with E-state index in [1.165, 1.54) is 0 Å². The van der Waals surface area contributed by atoms with Crippen LogP contribution >= 0.6 is 0 Å². The first-order valence-corrected chi connectivity index (χ1v) is 4.74. The van der Waals surface area contributed by atoms with Crippen LogP contribution in [0, 0.1) is 0 Å². The van der Waals surface area contributed by atoms with Gasteiger partial charge in [0.05, 0.1) is 6.10 Å². The molecule has 3 N–H and O–H groups in total. The average Bonchev–Trinajstić information content (AvgIpc) is 2.18. The van der Waals surface area contributed by atoms with Crippen molar-refractivity contribution in [3.05, 3.63) is 29.8 Å². The lowest BCUT2D eigenvalue weighted by Crippen LogP contribution is -2.30. The minimum atomic E-state index is -0.672. The van der Waals surface area contributed by atoms with Crippen molar-refractivity contribution >= 4 is 5.91 Å². The van der Waals surface area contributed by atoms with Crippen molar-refractivity contribution in [3.63, 3.8) is 0 Å². The Morgan fingerprint density at radius 2 is 2.13 bits per heavy atom. The molecule has 0 saturated carbocycles. The number of rotatable bonds is 4. The zero-order valence-corrected chi connectivity index (χ0v) is 8.81. The molecule has 1 aromatic carbocycles. The fourth-order valence-electron chi connectivity index (χ4n) is 1.11. The number of benzene rings is 1. The summed E-state index contributed by atoms with van der Waals surface area (Å²) >= 11 is 0. The summed E-state index contributed by atoms with van der Waals surface area (Å²) in [5.74, 6) is 0.0113. The van der Waals surface area contributed by atoms with Crippen LogP contribution in [0.3, 0.4) is 0 Å². The first-order chi connectivity index (χ1) is 7.00. The van der Waals surface area contributed by atoms with Crippen molar-refractivity contribution in [1.29, 1.82) is 0 Å². The fraction of sp³-hybridized carbons (Fsp3) is 0.364. The molecule has 0 saturated heterocycles. The van der Waals surface area contributed by atoms with E-state index in [0.29, 0.717) is 5.75 Å². The molecule has 0 aliphatic heterocycles. The molecule has 0 aliphatic rings. The summed E-state index contributed by atoms with van der Waals surface area (Å²) in [7, 11) is 0. The maximum absolute atomic E-state index is 10.8. The molecular formula is C11H15NO3. The highest BCUT2D eigenvalue weighted by molar-refractivity contribution is 5.78. The molecule has 1 amide bonds. The Kier molecular flexibility index (Phi) is 3.68. The second-order valence-corrected chi connectivity index (χ2v) is 3.41. The summed E-state index contributed by atoms with van der Waals surface area (Å²) < 4.78 is 5.28. The van der Waals surface area contributed by atoms with E-state index in [4.69, 9.17) is 10.5 Å².